The first-order valence-corrected chi connectivity index (χ1v) is 12.5. The van der Waals surface area contributed by atoms with Gasteiger partial charge in [-0.2, -0.15) is 13.2 Å². The SMILES string of the molecule is COC(=O)CC(c1cccc(C(F)(F)F)c1)n1ccc2cc(OCCc3ccc4c(n3)NCCC4)ccc21. The molecule has 1 unspecified atom stereocenters. The number of aromatic nitrogens is 2. The molecule has 38 heavy (non-hydrogen) atoms. The van der Waals surface area contributed by atoms with Gasteiger partial charge >= 0.3 is 12.1 Å². The van der Waals surface area contributed by atoms with Crippen LogP contribution in [0.15, 0.2) is 66.9 Å². The Morgan fingerprint density at radius 1 is 1.13 bits per heavy atom. The van der Waals surface area contributed by atoms with Crippen LogP contribution < -0.4 is 10.1 Å². The number of nitrogens with zero attached hydrogens (tertiary/aromatic N) is 2. The fourth-order valence-electron chi connectivity index (χ4n) is 4.83. The van der Waals surface area contributed by atoms with Crippen molar-refractivity contribution < 1.29 is 27.4 Å². The van der Waals surface area contributed by atoms with E-state index >= 15 is 0 Å². The lowest BCUT2D eigenvalue weighted by Crippen LogP contribution is -2.16. The van der Waals surface area contributed by atoms with Crippen LogP contribution in [0.3, 0.4) is 0 Å². The van der Waals surface area contributed by atoms with E-state index < -0.39 is 23.8 Å². The van der Waals surface area contributed by atoms with Crippen LogP contribution in [0, 0.1) is 0 Å². The van der Waals surface area contributed by atoms with Crippen molar-refractivity contribution in [3.05, 3.63) is 89.2 Å². The molecule has 4 aromatic rings. The Morgan fingerprint density at radius 2 is 2.00 bits per heavy atom. The molecule has 0 radical (unpaired) electrons. The van der Waals surface area contributed by atoms with E-state index in [2.05, 4.69) is 11.4 Å². The van der Waals surface area contributed by atoms with E-state index in [1.165, 1.54) is 18.7 Å². The second-order valence-corrected chi connectivity index (χ2v) is 9.30. The molecule has 1 aliphatic rings. The number of aryl methyl sites for hydroxylation is 1. The van der Waals surface area contributed by atoms with Crippen LogP contribution >= 0.6 is 0 Å². The lowest BCUT2D eigenvalue weighted by atomic mass is 10.0. The Hall–Kier alpha value is -4.01. The number of nitrogens with one attached hydrogen (secondary N) is 1. The van der Waals surface area contributed by atoms with Crippen molar-refractivity contribution in [2.75, 3.05) is 25.6 Å². The predicted molar refractivity (Wildman–Crippen MR) is 138 cm³/mol. The predicted octanol–water partition coefficient (Wildman–Crippen LogP) is 6.19. The maximum absolute atomic E-state index is 13.4. The minimum atomic E-state index is -4.48. The molecule has 0 saturated carbocycles. The Balaban J connectivity index is 1.34. The minimum absolute atomic E-state index is 0.109. The topological polar surface area (TPSA) is 65.4 Å². The number of hydrogen-bond donors (Lipinski definition) is 1. The molecule has 0 aliphatic carbocycles. The molecule has 0 amide bonds. The van der Waals surface area contributed by atoms with Gasteiger partial charge in [-0.05, 0) is 66.4 Å². The third kappa shape index (κ3) is 5.61. The lowest BCUT2D eigenvalue weighted by Gasteiger charge is -2.21. The summed E-state index contributed by atoms with van der Waals surface area (Å²) in [6.07, 6.45) is -0.00765. The molecule has 0 bridgehead atoms. The Kier molecular flexibility index (Phi) is 7.26. The zero-order valence-corrected chi connectivity index (χ0v) is 20.9. The van der Waals surface area contributed by atoms with E-state index in [9.17, 15) is 18.0 Å². The van der Waals surface area contributed by atoms with Gasteiger partial charge in [0.15, 0.2) is 0 Å². The van der Waals surface area contributed by atoms with Crippen LogP contribution in [-0.2, 0) is 28.5 Å². The fraction of sp³-hybridized carbons (Fsp3) is 0.310. The molecule has 1 aliphatic heterocycles. The van der Waals surface area contributed by atoms with E-state index in [4.69, 9.17) is 14.5 Å². The van der Waals surface area contributed by atoms with Crippen LogP contribution in [0.2, 0.25) is 0 Å². The maximum Gasteiger partial charge on any atom is 0.416 e. The number of esters is 1. The van der Waals surface area contributed by atoms with Gasteiger partial charge in [-0.25, -0.2) is 4.98 Å². The molecule has 198 valence electrons. The van der Waals surface area contributed by atoms with E-state index in [1.807, 2.05) is 30.3 Å². The standard InChI is InChI=1S/C29H28F3N3O3/c1-37-27(36)18-26(20-4-2-6-22(16-20)29(30,31)32)35-14-11-21-17-24(9-10-25(21)35)38-15-12-23-8-7-19-5-3-13-33-28(19)34-23/h2,4,6-11,14,16-17,26H,3,5,12-13,15,18H2,1H3,(H,33,34). The smallest absolute Gasteiger partial charge is 0.416 e. The van der Waals surface area contributed by atoms with Gasteiger partial charge < -0.3 is 19.4 Å². The molecule has 3 heterocycles. The Bertz CT molecular complexity index is 1450. The summed E-state index contributed by atoms with van der Waals surface area (Å²) in [5.41, 5.74) is 2.58. The van der Waals surface area contributed by atoms with Crippen LogP contribution in [0.5, 0.6) is 5.75 Å². The number of alkyl halides is 3. The quantitative estimate of drug-likeness (QED) is 0.279. The molecular weight excluding hydrogens is 495 g/mol. The van der Waals surface area contributed by atoms with E-state index in [0.29, 0.717) is 24.3 Å². The number of hydrogen-bond acceptors (Lipinski definition) is 5. The third-order valence-electron chi connectivity index (χ3n) is 6.79. The summed E-state index contributed by atoms with van der Waals surface area (Å²) in [6.45, 7) is 1.39. The molecule has 9 heteroatoms. The summed E-state index contributed by atoms with van der Waals surface area (Å²) in [7, 11) is 1.26. The van der Waals surface area contributed by atoms with Crippen molar-refractivity contribution in [2.45, 2.75) is 37.9 Å². The zero-order valence-electron chi connectivity index (χ0n) is 20.9. The average Bonchev–Trinajstić information content (AvgIpc) is 3.34. The first-order chi connectivity index (χ1) is 18.3. The number of benzene rings is 2. The van der Waals surface area contributed by atoms with Crippen molar-refractivity contribution in [3.8, 4) is 5.75 Å². The van der Waals surface area contributed by atoms with Gasteiger partial charge in [0.2, 0.25) is 0 Å². The molecule has 1 N–H and O–H groups in total. The van der Waals surface area contributed by atoms with Crippen LogP contribution in [0.4, 0.5) is 19.0 Å². The monoisotopic (exact) mass is 523 g/mol. The number of halogens is 3. The number of rotatable bonds is 8. The summed E-state index contributed by atoms with van der Waals surface area (Å²) >= 11 is 0. The van der Waals surface area contributed by atoms with Gasteiger partial charge in [-0.15, -0.1) is 0 Å². The first-order valence-electron chi connectivity index (χ1n) is 12.5. The number of carbonyl (C=O) groups excluding carboxylic acids is 1. The van der Waals surface area contributed by atoms with Crippen molar-refractivity contribution in [2.24, 2.45) is 0 Å². The largest absolute Gasteiger partial charge is 0.493 e. The molecule has 0 fully saturated rings. The molecule has 0 saturated heterocycles. The molecule has 2 aromatic carbocycles. The highest BCUT2D eigenvalue weighted by atomic mass is 19.4. The number of anilines is 1. The highest BCUT2D eigenvalue weighted by molar-refractivity contribution is 5.82. The molecule has 5 rings (SSSR count). The Labute approximate surface area is 218 Å². The van der Waals surface area contributed by atoms with Crippen molar-refractivity contribution in [3.63, 3.8) is 0 Å². The van der Waals surface area contributed by atoms with Crippen molar-refractivity contribution >= 4 is 22.7 Å². The van der Waals surface area contributed by atoms with Gasteiger partial charge in [0, 0.05) is 35.8 Å². The summed E-state index contributed by atoms with van der Waals surface area (Å²) in [5.74, 6) is 1.12. The van der Waals surface area contributed by atoms with Gasteiger partial charge in [0.25, 0.3) is 0 Å². The number of ether oxygens (including phenoxy) is 2. The third-order valence-corrected chi connectivity index (χ3v) is 6.79. The van der Waals surface area contributed by atoms with Crippen LogP contribution in [0.25, 0.3) is 10.9 Å². The lowest BCUT2D eigenvalue weighted by molar-refractivity contribution is -0.141. The first kappa shape index (κ1) is 25.6. The molecule has 1 atom stereocenters. The van der Waals surface area contributed by atoms with E-state index in [0.717, 1.165) is 53.9 Å². The number of methoxy groups -OCH3 is 1. The van der Waals surface area contributed by atoms with E-state index in [1.54, 1.807) is 16.8 Å². The summed E-state index contributed by atoms with van der Waals surface area (Å²) in [4.78, 5) is 16.9. The Morgan fingerprint density at radius 3 is 2.82 bits per heavy atom. The van der Waals surface area contributed by atoms with Gasteiger partial charge in [0.1, 0.15) is 11.6 Å². The second kappa shape index (κ2) is 10.8. The second-order valence-electron chi connectivity index (χ2n) is 9.30. The average molecular weight is 524 g/mol. The van der Waals surface area contributed by atoms with Gasteiger partial charge in [-0.3, -0.25) is 4.79 Å². The highest BCUT2D eigenvalue weighted by Crippen LogP contribution is 2.34. The molecule has 6 nitrogen and oxygen atoms in total. The molecule has 0 spiro atoms. The van der Waals surface area contributed by atoms with Crippen molar-refractivity contribution in [1.82, 2.24) is 9.55 Å². The normalized spacial score (nSPS) is 14.0. The van der Waals surface area contributed by atoms with Crippen LogP contribution in [-0.4, -0.2) is 35.8 Å². The molecule has 2 aromatic heterocycles. The number of fused-ring (bicyclic) bond motifs is 2. The zero-order chi connectivity index (χ0) is 26.7. The van der Waals surface area contributed by atoms with Gasteiger partial charge in [-0.1, -0.05) is 18.2 Å². The van der Waals surface area contributed by atoms with E-state index in [-0.39, 0.29) is 6.42 Å². The minimum Gasteiger partial charge on any atom is -0.493 e. The summed E-state index contributed by atoms with van der Waals surface area (Å²) in [5, 5.41) is 4.19. The van der Waals surface area contributed by atoms with Gasteiger partial charge in [0.05, 0.1) is 31.7 Å². The number of pyridine rings is 1. The summed E-state index contributed by atoms with van der Waals surface area (Å²) < 4.78 is 52.7. The molecular formula is C29H28F3N3O3. The van der Waals surface area contributed by atoms with Crippen molar-refractivity contribution in [1.29, 1.82) is 0 Å². The maximum atomic E-state index is 13.4. The highest BCUT2D eigenvalue weighted by Gasteiger charge is 2.31. The summed E-state index contributed by atoms with van der Waals surface area (Å²) in [6, 6.07) is 16.0. The number of carbonyl (C=O) groups is 1. The van der Waals surface area contributed by atoms with Crippen LogP contribution in [0.1, 0.15) is 41.3 Å². The fourth-order valence-corrected chi connectivity index (χ4v) is 4.83.